The number of hydrogen-bond acceptors (Lipinski definition) is 2. The van der Waals surface area contributed by atoms with Gasteiger partial charge < -0.3 is 10.5 Å². The van der Waals surface area contributed by atoms with Crippen molar-refractivity contribution < 1.29 is 9.13 Å². The second kappa shape index (κ2) is 6.04. The van der Waals surface area contributed by atoms with Gasteiger partial charge in [-0.3, -0.25) is 5.41 Å². The summed E-state index contributed by atoms with van der Waals surface area (Å²) in [4.78, 5) is 0. The molecule has 104 valence electrons. The lowest BCUT2D eigenvalue weighted by molar-refractivity contribution is 0.122. The predicted octanol–water partition coefficient (Wildman–Crippen LogP) is 3.46. The predicted molar refractivity (Wildman–Crippen MR) is 74.1 cm³/mol. The molecule has 1 aliphatic carbocycles. The van der Waals surface area contributed by atoms with E-state index in [4.69, 9.17) is 15.9 Å². The van der Waals surface area contributed by atoms with E-state index in [0.717, 1.165) is 12.8 Å². The summed E-state index contributed by atoms with van der Waals surface area (Å²) in [6, 6.07) is 4.18. The number of nitrogens with two attached hydrogens (primary N) is 1. The third kappa shape index (κ3) is 3.46. The summed E-state index contributed by atoms with van der Waals surface area (Å²) in [6.07, 6.45) is 5.81. The van der Waals surface area contributed by atoms with Gasteiger partial charge in [0.05, 0.1) is 11.7 Å². The first-order chi connectivity index (χ1) is 9.10. The molecule has 0 heterocycles. The molecule has 0 bridgehead atoms. The normalized spacial score (nSPS) is 23.1. The number of benzene rings is 1. The van der Waals surface area contributed by atoms with E-state index in [1.807, 2.05) is 0 Å². The van der Waals surface area contributed by atoms with Crippen LogP contribution in [0.15, 0.2) is 18.2 Å². The molecule has 4 heteroatoms. The van der Waals surface area contributed by atoms with E-state index >= 15 is 0 Å². The van der Waals surface area contributed by atoms with E-state index in [-0.39, 0.29) is 11.9 Å². The van der Waals surface area contributed by atoms with E-state index in [2.05, 4.69) is 6.92 Å². The summed E-state index contributed by atoms with van der Waals surface area (Å²) in [5.74, 6) is 0.681. The van der Waals surface area contributed by atoms with Crippen LogP contribution in [-0.2, 0) is 0 Å². The lowest BCUT2D eigenvalue weighted by Crippen LogP contribution is -2.26. The second-order valence-corrected chi connectivity index (χ2v) is 5.23. The lowest BCUT2D eigenvalue weighted by atomic mass is 9.85. The zero-order valence-electron chi connectivity index (χ0n) is 11.3. The Morgan fingerprint density at radius 2 is 2.26 bits per heavy atom. The van der Waals surface area contributed by atoms with Crippen molar-refractivity contribution in [2.45, 2.75) is 45.1 Å². The third-order valence-electron chi connectivity index (χ3n) is 3.84. The van der Waals surface area contributed by atoms with Gasteiger partial charge in [0, 0.05) is 0 Å². The SMILES string of the molecule is CCC1CCCC(Oc2ccc(F)cc2C(=N)N)C1. The van der Waals surface area contributed by atoms with Gasteiger partial charge in [0.15, 0.2) is 0 Å². The summed E-state index contributed by atoms with van der Waals surface area (Å²) in [6.45, 7) is 2.20. The van der Waals surface area contributed by atoms with Gasteiger partial charge in [0.2, 0.25) is 0 Å². The molecular weight excluding hydrogens is 243 g/mol. The van der Waals surface area contributed by atoms with Crippen LogP contribution in [0.3, 0.4) is 0 Å². The van der Waals surface area contributed by atoms with Crippen molar-refractivity contribution in [2.24, 2.45) is 11.7 Å². The topological polar surface area (TPSA) is 59.1 Å². The highest BCUT2D eigenvalue weighted by molar-refractivity contribution is 5.97. The van der Waals surface area contributed by atoms with Gasteiger partial charge in [-0.1, -0.05) is 19.8 Å². The zero-order chi connectivity index (χ0) is 13.8. The smallest absolute Gasteiger partial charge is 0.130 e. The van der Waals surface area contributed by atoms with E-state index in [9.17, 15) is 4.39 Å². The van der Waals surface area contributed by atoms with Crippen LogP contribution in [0.4, 0.5) is 4.39 Å². The Labute approximate surface area is 113 Å². The summed E-state index contributed by atoms with van der Waals surface area (Å²) in [5.41, 5.74) is 5.82. The highest BCUT2D eigenvalue weighted by atomic mass is 19.1. The van der Waals surface area contributed by atoms with E-state index in [1.165, 1.54) is 31.4 Å². The van der Waals surface area contributed by atoms with Gasteiger partial charge in [-0.25, -0.2) is 4.39 Å². The van der Waals surface area contributed by atoms with E-state index in [0.29, 0.717) is 17.2 Å². The molecule has 0 saturated heterocycles. The minimum atomic E-state index is -0.396. The Morgan fingerprint density at radius 3 is 2.95 bits per heavy atom. The lowest BCUT2D eigenvalue weighted by Gasteiger charge is -2.29. The standard InChI is InChI=1S/C15H21FN2O/c1-2-10-4-3-5-12(8-10)19-14-7-6-11(16)9-13(14)15(17)18/h6-7,9-10,12H,2-5,8H2,1H3,(H3,17,18). The van der Waals surface area contributed by atoms with Crippen LogP contribution in [0.2, 0.25) is 0 Å². The molecule has 2 rings (SSSR count). The van der Waals surface area contributed by atoms with Crippen molar-refractivity contribution in [3.63, 3.8) is 0 Å². The molecule has 0 radical (unpaired) electrons. The molecule has 3 nitrogen and oxygen atoms in total. The fourth-order valence-electron chi connectivity index (χ4n) is 2.71. The molecule has 1 aromatic rings. The van der Waals surface area contributed by atoms with Crippen LogP contribution in [-0.4, -0.2) is 11.9 Å². The maximum absolute atomic E-state index is 13.2. The number of amidine groups is 1. The molecular formula is C15H21FN2O. The molecule has 0 amide bonds. The van der Waals surface area contributed by atoms with Crippen molar-refractivity contribution in [3.05, 3.63) is 29.6 Å². The summed E-state index contributed by atoms with van der Waals surface area (Å²) in [7, 11) is 0. The Kier molecular flexibility index (Phi) is 4.40. The second-order valence-electron chi connectivity index (χ2n) is 5.23. The van der Waals surface area contributed by atoms with Crippen LogP contribution in [0.5, 0.6) is 5.75 Å². The maximum Gasteiger partial charge on any atom is 0.130 e. The van der Waals surface area contributed by atoms with Gasteiger partial charge in [-0.05, 0) is 43.4 Å². The highest BCUT2D eigenvalue weighted by Crippen LogP contribution is 2.30. The van der Waals surface area contributed by atoms with E-state index < -0.39 is 5.82 Å². The van der Waals surface area contributed by atoms with Crippen molar-refractivity contribution >= 4 is 5.84 Å². The maximum atomic E-state index is 13.2. The number of halogens is 1. The summed E-state index contributed by atoms with van der Waals surface area (Å²) < 4.78 is 19.1. The molecule has 0 aromatic heterocycles. The molecule has 1 aromatic carbocycles. The van der Waals surface area contributed by atoms with Gasteiger partial charge in [0.25, 0.3) is 0 Å². The van der Waals surface area contributed by atoms with Gasteiger partial charge in [0.1, 0.15) is 17.4 Å². The average Bonchev–Trinajstić information content (AvgIpc) is 2.41. The zero-order valence-corrected chi connectivity index (χ0v) is 11.3. The molecule has 1 aliphatic rings. The first-order valence-corrected chi connectivity index (χ1v) is 6.90. The number of nitrogens with one attached hydrogen (secondary N) is 1. The first-order valence-electron chi connectivity index (χ1n) is 6.90. The Morgan fingerprint density at radius 1 is 1.47 bits per heavy atom. The van der Waals surface area contributed by atoms with Crippen LogP contribution in [0.1, 0.15) is 44.6 Å². The summed E-state index contributed by atoms with van der Waals surface area (Å²) in [5, 5.41) is 7.50. The van der Waals surface area contributed by atoms with Gasteiger partial charge in [-0.2, -0.15) is 0 Å². The van der Waals surface area contributed by atoms with Gasteiger partial charge >= 0.3 is 0 Å². The Balaban J connectivity index is 2.12. The van der Waals surface area contributed by atoms with Crippen molar-refractivity contribution in [3.8, 4) is 5.75 Å². The molecule has 1 saturated carbocycles. The number of hydrogen-bond donors (Lipinski definition) is 2. The summed E-state index contributed by atoms with van der Waals surface area (Å²) >= 11 is 0. The molecule has 0 spiro atoms. The highest BCUT2D eigenvalue weighted by Gasteiger charge is 2.23. The van der Waals surface area contributed by atoms with Crippen LogP contribution < -0.4 is 10.5 Å². The minimum Gasteiger partial charge on any atom is -0.490 e. The van der Waals surface area contributed by atoms with Crippen molar-refractivity contribution in [1.82, 2.24) is 0 Å². The van der Waals surface area contributed by atoms with Crippen LogP contribution >= 0.6 is 0 Å². The first kappa shape index (κ1) is 13.8. The Bertz CT molecular complexity index is 461. The van der Waals surface area contributed by atoms with Crippen LogP contribution in [0.25, 0.3) is 0 Å². The van der Waals surface area contributed by atoms with Crippen molar-refractivity contribution in [1.29, 1.82) is 5.41 Å². The van der Waals surface area contributed by atoms with Crippen molar-refractivity contribution in [2.75, 3.05) is 0 Å². The minimum absolute atomic E-state index is 0.155. The molecule has 19 heavy (non-hydrogen) atoms. The third-order valence-corrected chi connectivity index (χ3v) is 3.84. The number of rotatable bonds is 4. The molecule has 0 aliphatic heterocycles. The molecule has 1 fully saturated rings. The molecule has 2 unspecified atom stereocenters. The van der Waals surface area contributed by atoms with Gasteiger partial charge in [-0.15, -0.1) is 0 Å². The van der Waals surface area contributed by atoms with E-state index in [1.54, 1.807) is 6.07 Å². The largest absolute Gasteiger partial charge is 0.490 e. The fraction of sp³-hybridized carbons (Fsp3) is 0.533. The monoisotopic (exact) mass is 264 g/mol. The number of ether oxygens (including phenoxy) is 1. The number of nitrogen functional groups attached to an aromatic ring is 1. The van der Waals surface area contributed by atoms with Crippen LogP contribution in [0, 0.1) is 17.1 Å². The molecule has 3 N–H and O–H groups in total. The average molecular weight is 264 g/mol. The fourth-order valence-corrected chi connectivity index (χ4v) is 2.71. The Hall–Kier alpha value is -1.58. The molecule has 2 atom stereocenters. The quantitative estimate of drug-likeness (QED) is 0.646.